The molecule has 0 aliphatic carbocycles. The highest BCUT2D eigenvalue weighted by molar-refractivity contribution is 7.99. The summed E-state index contributed by atoms with van der Waals surface area (Å²) in [5.74, 6) is 1.12. The molecule has 3 heteroatoms. The van der Waals surface area contributed by atoms with E-state index in [0.717, 1.165) is 5.84 Å². The number of nitrogens with zero attached hydrogens (tertiary/aromatic N) is 1. The van der Waals surface area contributed by atoms with Gasteiger partial charge in [-0.3, -0.25) is 0 Å². The van der Waals surface area contributed by atoms with E-state index in [1.54, 1.807) is 11.9 Å². The molecular weight excluding hydrogens is 144 g/mol. The predicted octanol–water partition coefficient (Wildman–Crippen LogP) is 2.03. The molecule has 0 radical (unpaired) electrons. The fourth-order valence-corrected chi connectivity index (χ4v) is 1.48. The second-order valence-corrected chi connectivity index (χ2v) is 4.68. The van der Waals surface area contributed by atoms with E-state index in [0.29, 0.717) is 5.37 Å². The number of rotatable bonds is 0. The van der Waals surface area contributed by atoms with Gasteiger partial charge in [-0.1, -0.05) is 20.8 Å². The van der Waals surface area contributed by atoms with Crippen molar-refractivity contribution < 1.29 is 0 Å². The minimum atomic E-state index is 0.178. The zero-order chi connectivity index (χ0) is 7.78. The van der Waals surface area contributed by atoms with Crippen molar-refractivity contribution in [2.75, 3.05) is 0 Å². The Kier molecular flexibility index (Phi) is 1.95. The Hall–Kier alpha value is -0.180. The lowest BCUT2D eigenvalue weighted by Gasteiger charge is -2.18. The zero-order valence-electron chi connectivity index (χ0n) is 6.93. The topological polar surface area (TPSA) is 24.4 Å². The number of hydrogen-bond acceptors (Lipinski definition) is 3. The summed E-state index contributed by atoms with van der Waals surface area (Å²) in [6.45, 7) is 8.61. The summed E-state index contributed by atoms with van der Waals surface area (Å²) in [6.07, 6.45) is 0. The quantitative estimate of drug-likeness (QED) is 0.545. The average Bonchev–Trinajstić information content (AvgIpc) is 2.11. The Morgan fingerprint density at radius 3 is 2.30 bits per heavy atom. The molecule has 0 aromatic carbocycles. The van der Waals surface area contributed by atoms with E-state index >= 15 is 0 Å². The SMILES string of the molecule is CC1NC(C(C)(C)C)=NS1. The van der Waals surface area contributed by atoms with Crippen LogP contribution in [-0.2, 0) is 0 Å². The van der Waals surface area contributed by atoms with Crippen molar-refractivity contribution in [3.05, 3.63) is 0 Å². The molecule has 10 heavy (non-hydrogen) atoms. The van der Waals surface area contributed by atoms with Gasteiger partial charge in [0.2, 0.25) is 0 Å². The Balaban J connectivity index is 2.60. The van der Waals surface area contributed by atoms with E-state index in [9.17, 15) is 0 Å². The van der Waals surface area contributed by atoms with Crippen LogP contribution >= 0.6 is 11.9 Å². The molecule has 0 saturated carbocycles. The van der Waals surface area contributed by atoms with Crippen molar-refractivity contribution in [2.45, 2.75) is 33.1 Å². The first-order valence-corrected chi connectivity index (χ1v) is 4.34. The maximum Gasteiger partial charge on any atom is 0.116 e. The van der Waals surface area contributed by atoms with Gasteiger partial charge in [-0.25, -0.2) is 4.40 Å². The summed E-state index contributed by atoms with van der Waals surface area (Å²) < 4.78 is 4.31. The molecule has 1 rings (SSSR count). The van der Waals surface area contributed by atoms with Crippen LogP contribution in [0.4, 0.5) is 0 Å². The minimum Gasteiger partial charge on any atom is -0.359 e. The van der Waals surface area contributed by atoms with Gasteiger partial charge >= 0.3 is 0 Å². The van der Waals surface area contributed by atoms with Gasteiger partial charge in [0.15, 0.2) is 0 Å². The van der Waals surface area contributed by atoms with Crippen LogP contribution in [0.3, 0.4) is 0 Å². The summed E-state index contributed by atoms with van der Waals surface area (Å²) >= 11 is 1.61. The molecule has 2 nitrogen and oxygen atoms in total. The fraction of sp³-hybridized carbons (Fsp3) is 0.857. The molecule has 58 valence electrons. The predicted molar refractivity (Wildman–Crippen MR) is 47.1 cm³/mol. The van der Waals surface area contributed by atoms with E-state index in [1.807, 2.05) is 0 Å². The highest BCUT2D eigenvalue weighted by Crippen LogP contribution is 2.24. The monoisotopic (exact) mass is 158 g/mol. The van der Waals surface area contributed by atoms with Gasteiger partial charge in [-0.2, -0.15) is 0 Å². The van der Waals surface area contributed by atoms with Crippen LogP contribution in [0.15, 0.2) is 4.40 Å². The lowest BCUT2D eigenvalue weighted by molar-refractivity contribution is 0.568. The van der Waals surface area contributed by atoms with Gasteiger partial charge in [-0.15, -0.1) is 0 Å². The molecule has 0 bridgehead atoms. The lowest BCUT2D eigenvalue weighted by atomic mass is 9.95. The first kappa shape index (κ1) is 7.92. The molecule has 0 aromatic rings. The van der Waals surface area contributed by atoms with Crippen LogP contribution in [0.2, 0.25) is 0 Å². The molecule has 1 aliphatic heterocycles. The average molecular weight is 158 g/mol. The molecule has 1 N–H and O–H groups in total. The first-order chi connectivity index (χ1) is 4.50. The van der Waals surface area contributed by atoms with Crippen molar-refractivity contribution in [2.24, 2.45) is 9.81 Å². The summed E-state index contributed by atoms with van der Waals surface area (Å²) in [4.78, 5) is 0. The number of hydrogen-bond donors (Lipinski definition) is 1. The lowest BCUT2D eigenvalue weighted by Crippen LogP contribution is -2.34. The molecule has 0 spiro atoms. The Bertz CT molecular complexity index is 157. The fourth-order valence-electron chi connectivity index (χ4n) is 0.730. The summed E-state index contributed by atoms with van der Waals surface area (Å²) in [5, 5.41) is 3.76. The molecular formula is C7H14N2S. The second kappa shape index (κ2) is 2.46. The van der Waals surface area contributed by atoms with Crippen molar-refractivity contribution >= 4 is 17.8 Å². The first-order valence-electron chi connectivity index (χ1n) is 3.51. The zero-order valence-corrected chi connectivity index (χ0v) is 7.75. The highest BCUT2D eigenvalue weighted by atomic mass is 32.2. The third kappa shape index (κ3) is 1.66. The maximum absolute atomic E-state index is 4.31. The second-order valence-electron chi connectivity index (χ2n) is 3.58. The van der Waals surface area contributed by atoms with Crippen LogP contribution in [0.25, 0.3) is 0 Å². The highest BCUT2D eigenvalue weighted by Gasteiger charge is 2.24. The Morgan fingerprint density at radius 2 is 2.10 bits per heavy atom. The summed E-state index contributed by atoms with van der Waals surface area (Å²) in [5.41, 5.74) is 0.178. The van der Waals surface area contributed by atoms with Crippen LogP contribution in [-0.4, -0.2) is 11.2 Å². The largest absolute Gasteiger partial charge is 0.359 e. The third-order valence-corrected chi connectivity index (χ3v) is 2.07. The molecule has 0 fully saturated rings. The Labute approximate surface area is 66.6 Å². The number of nitrogens with one attached hydrogen (secondary N) is 1. The van der Waals surface area contributed by atoms with E-state index in [-0.39, 0.29) is 5.41 Å². The van der Waals surface area contributed by atoms with E-state index in [1.165, 1.54) is 0 Å². The molecule has 1 unspecified atom stereocenters. The molecule has 0 aromatic heterocycles. The van der Waals surface area contributed by atoms with Gasteiger partial charge in [0.05, 0.1) is 5.37 Å². The minimum absolute atomic E-state index is 0.178. The molecule has 0 amide bonds. The standard InChI is InChI=1S/C7H14N2S/c1-5-8-6(9-10-5)7(2,3)4/h5H,1-4H3,(H,8,9). The van der Waals surface area contributed by atoms with Crippen molar-refractivity contribution in [3.63, 3.8) is 0 Å². The van der Waals surface area contributed by atoms with Crippen LogP contribution in [0, 0.1) is 5.41 Å². The van der Waals surface area contributed by atoms with E-state index in [2.05, 4.69) is 37.4 Å². The molecule has 1 heterocycles. The molecule has 1 atom stereocenters. The maximum atomic E-state index is 4.31. The van der Waals surface area contributed by atoms with Gasteiger partial charge < -0.3 is 5.32 Å². The van der Waals surface area contributed by atoms with Gasteiger partial charge in [0, 0.05) is 17.4 Å². The van der Waals surface area contributed by atoms with Gasteiger partial charge in [-0.05, 0) is 6.92 Å². The van der Waals surface area contributed by atoms with E-state index < -0.39 is 0 Å². The number of amidine groups is 1. The summed E-state index contributed by atoms with van der Waals surface area (Å²) in [7, 11) is 0. The normalized spacial score (nSPS) is 26.0. The third-order valence-electron chi connectivity index (χ3n) is 1.35. The van der Waals surface area contributed by atoms with E-state index in [4.69, 9.17) is 0 Å². The smallest absolute Gasteiger partial charge is 0.116 e. The van der Waals surface area contributed by atoms with Gasteiger partial charge in [0.25, 0.3) is 0 Å². The molecule has 1 aliphatic rings. The van der Waals surface area contributed by atoms with Crippen molar-refractivity contribution in [1.82, 2.24) is 5.32 Å². The van der Waals surface area contributed by atoms with Crippen molar-refractivity contribution in [1.29, 1.82) is 0 Å². The van der Waals surface area contributed by atoms with Crippen LogP contribution < -0.4 is 5.32 Å². The van der Waals surface area contributed by atoms with Crippen molar-refractivity contribution in [3.8, 4) is 0 Å². The van der Waals surface area contributed by atoms with Crippen LogP contribution in [0.1, 0.15) is 27.7 Å². The summed E-state index contributed by atoms with van der Waals surface area (Å²) in [6, 6.07) is 0. The van der Waals surface area contributed by atoms with Crippen LogP contribution in [0.5, 0.6) is 0 Å². The van der Waals surface area contributed by atoms with Gasteiger partial charge in [0.1, 0.15) is 5.84 Å². The molecule has 0 saturated heterocycles. The Morgan fingerprint density at radius 1 is 1.50 bits per heavy atom.